The van der Waals surface area contributed by atoms with Gasteiger partial charge in [0.05, 0.1) is 0 Å². The molecule has 1 aromatic rings. The van der Waals surface area contributed by atoms with Gasteiger partial charge in [0.1, 0.15) is 0 Å². The van der Waals surface area contributed by atoms with Gasteiger partial charge in [0.2, 0.25) is 0 Å². The molecule has 0 heterocycles. The van der Waals surface area contributed by atoms with Crippen LogP contribution in [0.3, 0.4) is 0 Å². The Morgan fingerprint density at radius 2 is 1.54 bits per heavy atom. The second-order valence-electron chi connectivity index (χ2n) is 3.90. The molecule has 0 aliphatic heterocycles. The van der Waals surface area contributed by atoms with Crippen molar-refractivity contribution in [1.82, 2.24) is 0 Å². The van der Waals surface area contributed by atoms with Gasteiger partial charge >= 0.3 is 0 Å². The smallest absolute Gasteiger partial charge is 0.0337 e. The molecule has 0 aliphatic carbocycles. The first-order valence-electron chi connectivity index (χ1n) is 4.93. The Morgan fingerprint density at radius 1 is 1.00 bits per heavy atom. The Labute approximate surface area is 81.2 Å². The Balaban J connectivity index is 2.79. The van der Waals surface area contributed by atoms with Crippen molar-refractivity contribution in [2.24, 2.45) is 5.92 Å². The van der Waals surface area contributed by atoms with Crippen LogP contribution < -0.4 is 5.32 Å². The van der Waals surface area contributed by atoms with Crippen LogP contribution in [-0.4, -0.2) is 7.05 Å². The fraction of sp³-hybridized carbons (Fsp3) is 0.500. The van der Waals surface area contributed by atoms with Crippen molar-refractivity contribution in [2.45, 2.75) is 26.7 Å². The molecule has 13 heavy (non-hydrogen) atoms. The molecule has 0 amide bonds. The molecule has 1 atom stereocenters. The summed E-state index contributed by atoms with van der Waals surface area (Å²) in [4.78, 5) is 0. The lowest BCUT2D eigenvalue weighted by atomic mass is 9.90. The van der Waals surface area contributed by atoms with Gasteiger partial charge in [-0.3, -0.25) is 0 Å². The van der Waals surface area contributed by atoms with E-state index >= 15 is 0 Å². The summed E-state index contributed by atoms with van der Waals surface area (Å²) in [5.41, 5.74) is 2.61. The zero-order valence-corrected chi connectivity index (χ0v) is 8.96. The molecular weight excluding hydrogens is 158 g/mol. The average molecular weight is 177 g/mol. The Morgan fingerprint density at radius 3 is 1.92 bits per heavy atom. The molecule has 1 unspecified atom stereocenters. The summed E-state index contributed by atoms with van der Waals surface area (Å²) in [6, 6.07) is 8.68. The van der Waals surface area contributed by atoms with E-state index in [0.717, 1.165) is 0 Å². The summed E-state index contributed by atoms with van der Waals surface area (Å²) < 4.78 is 0. The quantitative estimate of drug-likeness (QED) is 0.745. The van der Waals surface area contributed by atoms with E-state index in [2.05, 4.69) is 50.4 Å². The molecule has 1 nitrogen and oxygen atoms in total. The lowest BCUT2D eigenvalue weighted by molar-refractivity contribution is 0.535. The predicted octanol–water partition coefficient (Wildman–Crippen LogP) is 3.49. The van der Waals surface area contributed by atoms with Crippen LogP contribution in [0.4, 0.5) is 5.69 Å². The molecular formula is C12H19N. The maximum absolute atomic E-state index is 3.12. The number of anilines is 1. The van der Waals surface area contributed by atoms with Crippen LogP contribution in [-0.2, 0) is 0 Å². The maximum atomic E-state index is 3.12. The van der Waals surface area contributed by atoms with Crippen molar-refractivity contribution >= 4 is 5.69 Å². The minimum absolute atomic E-state index is 0.644. The van der Waals surface area contributed by atoms with Gasteiger partial charge in [0, 0.05) is 12.7 Å². The molecule has 72 valence electrons. The van der Waals surface area contributed by atoms with E-state index in [1.54, 1.807) is 0 Å². The molecule has 1 N–H and O–H groups in total. The number of rotatable bonds is 3. The molecule has 0 fully saturated rings. The van der Waals surface area contributed by atoms with Gasteiger partial charge in [-0.05, 0) is 29.5 Å². The lowest BCUT2D eigenvalue weighted by Gasteiger charge is -2.16. The van der Waals surface area contributed by atoms with Crippen molar-refractivity contribution in [3.63, 3.8) is 0 Å². The molecule has 0 aliphatic rings. The van der Waals surface area contributed by atoms with Crippen molar-refractivity contribution in [2.75, 3.05) is 12.4 Å². The minimum Gasteiger partial charge on any atom is -0.388 e. The highest BCUT2D eigenvalue weighted by Crippen LogP contribution is 2.24. The largest absolute Gasteiger partial charge is 0.388 e. The Hall–Kier alpha value is -0.980. The number of benzene rings is 1. The fourth-order valence-corrected chi connectivity index (χ4v) is 1.34. The third kappa shape index (κ3) is 2.48. The van der Waals surface area contributed by atoms with Gasteiger partial charge in [-0.2, -0.15) is 0 Å². The first kappa shape index (κ1) is 10.1. The summed E-state index contributed by atoms with van der Waals surface area (Å²) in [6.45, 7) is 6.80. The summed E-state index contributed by atoms with van der Waals surface area (Å²) in [5, 5.41) is 3.12. The molecule has 0 bridgehead atoms. The molecule has 0 radical (unpaired) electrons. The molecule has 0 spiro atoms. The third-order valence-electron chi connectivity index (χ3n) is 2.73. The molecule has 0 aromatic heterocycles. The summed E-state index contributed by atoms with van der Waals surface area (Å²) in [6.07, 6.45) is 0. The van der Waals surface area contributed by atoms with Crippen LogP contribution in [0.5, 0.6) is 0 Å². The van der Waals surface area contributed by atoms with Gasteiger partial charge in [-0.1, -0.05) is 32.9 Å². The molecule has 1 heteroatoms. The zero-order valence-electron chi connectivity index (χ0n) is 8.96. The number of hydrogen-bond donors (Lipinski definition) is 1. The number of hydrogen-bond acceptors (Lipinski definition) is 1. The first-order chi connectivity index (χ1) is 6.15. The molecule has 1 rings (SSSR count). The third-order valence-corrected chi connectivity index (χ3v) is 2.73. The topological polar surface area (TPSA) is 12.0 Å². The molecule has 0 saturated heterocycles. The van der Waals surface area contributed by atoms with E-state index in [9.17, 15) is 0 Å². The van der Waals surface area contributed by atoms with Crippen LogP contribution in [0.1, 0.15) is 32.3 Å². The highest BCUT2D eigenvalue weighted by molar-refractivity contribution is 5.44. The van der Waals surface area contributed by atoms with Crippen molar-refractivity contribution in [3.8, 4) is 0 Å². The van der Waals surface area contributed by atoms with Crippen molar-refractivity contribution in [1.29, 1.82) is 0 Å². The summed E-state index contributed by atoms with van der Waals surface area (Å²) >= 11 is 0. The van der Waals surface area contributed by atoms with Gasteiger partial charge < -0.3 is 5.32 Å². The van der Waals surface area contributed by atoms with Crippen molar-refractivity contribution < 1.29 is 0 Å². The second-order valence-corrected chi connectivity index (χ2v) is 3.90. The maximum Gasteiger partial charge on any atom is 0.0337 e. The summed E-state index contributed by atoms with van der Waals surface area (Å²) in [5.74, 6) is 1.35. The molecule has 0 saturated carbocycles. The van der Waals surface area contributed by atoms with E-state index in [1.807, 2.05) is 7.05 Å². The fourth-order valence-electron chi connectivity index (χ4n) is 1.34. The highest BCUT2D eigenvalue weighted by Gasteiger charge is 2.08. The second kappa shape index (κ2) is 4.31. The van der Waals surface area contributed by atoms with Crippen molar-refractivity contribution in [3.05, 3.63) is 29.8 Å². The first-order valence-corrected chi connectivity index (χ1v) is 4.93. The standard InChI is InChI=1S/C12H19N/c1-9(2)10(3)11-5-7-12(13-4)8-6-11/h5-10,13H,1-4H3. The SMILES string of the molecule is CNc1ccc(C(C)C(C)C)cc1. The van der Waals surface area contributed by atoms with Crippen LogP contribution in [0, 0.1) is 5.92 Å². The van der Waals surface area contributed by atoms with Crippen LogP contribution in [0.2, 0.25) is 0 Å². The monoisotopic (exact) mass is 177 g/mol. The Kier molecular flexibility index (Phi) is 3.35. The minimum atomic E-state index is 0.644. The predicted molar refractivity (Wildman–Crippen MR) is 59.2 cm³/mol. The van der Waals surface area contributed by atoms with E-state index < -0.39 is 0 Å². The van der Waals surface area contributed by atoms with Crippen LogP contribution in [0.25, 0.3) is 0 Å². The number of nitrogens with one attached hydrogen (secondary N) is 1. The zero-order chi connectivity index (χ0) is 9.84. The molecule has 1 aromatic carbocycles. The van der Waals surface area contributed by atoms with Crippen LogP contribution in [0.15, 0.2) is 24.3 Å². The van der Waals surface area contributed by atoms with Gasteiger partial charge in [0.25, 0.3) is 0 Å². The van der Waals surface area contributed by atoms with Gasteiger partial charge in [-0.15, -0.1) is 0 Å². The average Bonchev–Trinajstić information content (AvgIpc) is 2.17. The van der Waals surface area contributed by atoms with E-state index in [-0.39, 0.29) is 0 Å². The van der Waals surface area contributed by atoms with Gasteiger partial charge in [0.15, 0.2) is 0 Å². The van der Waals surface area contributed by atoms with Gasteiger partial charge in [-0.25, -0.2) is 0 Å². The van der Waals surface area contributed by atoms with E-state index in [1.165, 1.54) is 11.3 Å². The van der Waals surface area contributed by atoms with E-state index in [4.69, 9.17) is 0 Å². The Bertz CT molecular complexity index is 248. The summed E-state index contributed by atoms with van der Waals surface area (Å²) in [7, 11) is 1.95. The van der Waals surface area contributed by atoms with Crippen LogP contribution >= 0.6 is 0 Å². The highest BCUT2D eigenvalue weighted by atomic mass is 14.8. The van der Waals surface area contributed by atoms with E-state index in [0.29, 0.717) is 11.8 Å². The normalized spacial score (nSPS) is 13.0. The lowest BCUT2D eigenvalue weighted by Crippen LogP contribution is -2.01.